The van der Waals surface area contributed by atoms with Gasteiger partial charge in [-0.15, -0.1) is 0 Å². The number of hydrogen-bond donors (Lipinski definition) is 0. The second-order valence-electron chi connectivity index (χ2n) is 4.56. The molecule has 2 fully saturated rings. The van der Waals surface area contributed by atoms with Gasteiger partial charge in [-0.2, -0.15) is 0 Å². The van der Waals surface area contributed by atoms with Crippen molar-refractivity contribution in [3.05, 3.63) is 12.2 Å². The molecule has 0 aromatic heterocycles. The number of carbonyl (C=O) groups is 1. The first-order chi connectivity index (χ1) is 6.77. The van der Waals surface area contributed by atoms with Gasteiger partial charge >= 0.3 is 0 Å². The predicted octanol–water partition coefficient (Wildman–Crippen LogP) is 2.36. The maximum absolute atomic E-state index is 12.0. The molecule has 1 amide bonds. The van der Waals surface area contributed by atoms with Gasteiger partial charge in [0.2, 0.25) is 5.91 Å². The van der Waals surface area contributed by atoms with Crippen LogP contribution in [0.15, 0.2) is 12.2 Å². The van der Waals surface area contributed by atoms with E-state index in [0.717, 1.165) is 38.8 Å². The quantitative estimate of drug-likeness (QED) is 0.585. The van der Waals surface area contributed by atoms with Crippen molar-refractivity contribution >= 4 is 5.91 Å². The number of nitrogens with zero attached hydrogens (tertiary/aromatic N) is 1. The molecular formula is C12H19NO. The average Bonchev–Trinajstić information content (AvgIpc) is 2.71. The molecule has 2 heteroatoms. The van der Waals surface area contributed by atoms with Gasteiger partial charge in [0.1, 0.15) is 0 Å². The highest BCUT2D eigenvalue weighted by Crippen LogP contribution is 2.27. The van der Waals surface area contributed by atoms with Gasteiger partial charge in [-0.3, -0.25) is 4.79 Å². The monoisotopic (exact) mass is 193 g/mol. The van der Waals surface area contributed by atoms with Crippen LogP contribution in [0.2, 0.25) is 0 Å². The van der Waals surface area contributed by atoms with Crippen molar-refractivity contribution in [1.82, 2.24) is 4.90 Å². The van der Waals surface area contributed by atoms with Crippen molar-refractivity contribution in [3.63, 3.8) is 0 Å². The molecule has 2 aliphatic rings. The molecule has 2 rings (SSSR count). The lowest BCUT2D eigenvalue weighted by atomic mass is 10.0. The van der Waals surface area contributed by atoms with Crippen LogP contribution in [0, 0.1) is 5.92 Å². The summed E-state index contributed by atoms with van der Waals surface area (Å²) >= 11 is 0. The van der Waals surface area contributed by atoms with Gasteiger partial charge in [-0.05, 0) is 25.7 Å². The molecule has 0 atom stereocenters. The molecule has 0 N–H and O–H groups in total. The van der Waals surface area contributed by atoms with Gasteiger partial charge < -0.3 is 4.90 Å². The lowest BCUT2D eigenvalue weighted by Gasteiger charge is -2.30. The number of rotatable bonds is 1. The Morgan fingerprint density at radius 2 is 1.79 bits per heavy atom. The summed E-state index contributed by atoms with van der Waals surface area (Å²) in [5.74, 6) is 0.761. The van der Waals surface area contributed by atoms with E-state index in [1.165, 1.54) is 18.4 Å². The molecule has 0 unspecified atom stereocenters. The first-order valence-electron chi connectivity index (χ1n) is 5.73. The van der Waals surface area contributed by atoms with Crippen LogP contribution in [0.1, 0.15) is 38.5 Å². The van der Waals surface area contributed by atoms with E-state index in [1.807, 2.05) is 4.90 Å². The minimum Gasteiger partial charge on any atom is -0.342 e. The van der Waals surface area contributed by atoms with Crippen LogP contribution < -0.4 is 0 Å². The fraction of sp³-hybridized carbons (Fsp3) is 0.750. The summed E-state index contributed by atoms with van der Waals surface area (Å²) in [6.45, 7) is 5.79. The van der Waals surface area contributed by atoms with Crippen molar-refractivity contribution in [3.8, 4) is 0 Å². The van der Waals surface area contributed by atoms with Crippen LogP contribution in [-0.2, 0) is 4.79 Å². The molecule has 1 heterocycles. The maximum atomic E-state index is 12.0. The van der Waals surface area contributed by atoms with Crippen molar-refractivity contribution < 1.29 is 4.79 Å². The summed E-state index contributed by atoms with van der Waals surface area (Å²) in [6, 6.07) is 0. The second-order valence-corrected chi connectivity index (χ2v) is 4.56. The Hall–Kier alpha value is -0.790. The zero-order valence-electron chi connectivity index (χ0n) is 8.80. The third kappa shape index (κ3) is 1.99. The zero-order valence-corrected chi connectivity index (χ0v) is 8.80. The number of piperidine rings is 1. The normalized spacial score (nSPS) is 24.3. The number of likely N-dealkylation sites (tertiary alicyclic amines) is 1. The van der Waals surface area contributed by atoms with Crippen LogP contribution in [0.25, 0.3) is 0 Å². The first-order valence-corrected chi connectivity index (χ1v) is 5.73. The van der Waals surface area contributed by atoms with E-state index in [1.54, 1.807) is 0 Å². The minimum absolute atomic E-state index is 0.348. The maximum Gasteiger partial charge on any atom is 0.225 e. The molecule has 0 aromatic carbocycles. The Morgan fingerprint density at radius 1 is 1.21 bits per heavy atom. The van der Waals surface area contributed by atoms with Crippen molar-refractivity contribution in [2.24, 2.45) is 5.92 Å². The van der Waals surface area contributed by atoms with Gasteiger partial charge in [0, 0.05) is 19.0 Å². The molecule has 1 saturated carbocycles. The highest BCUT2D eigenvalue weighted by molar-refractivity contribution is 5.79. The van der Waals surface area contributed by atoms with E-state index in [-0.39, 0.29) is 0 Å². The molecule has 1 saturated heterocycles. The highest BCUT2D eigenvalue weighted by Gasteiger charge is 2.28. The second kappa shape index (κ2) is 4.16. The Kier molecular flexibility index (Phi) is 2.90. The lowest BCUT2D eigenvalue weighted by Crippen LogP contribution is -2.39. The van der Waals surface area contributed by atoms with E-state index in [4.69, 9.17) is 0 Å². The van der Waals surface area contributed by atoms with Crippen molar-refractivity contribution in [2.45, 2.75) is 38.5 Å². The summed E-state index contributed by atoms with van der Waals surface area (Å²) in [4.78, 5) is 14.0. The highest BCUT2D eigenvalue weighted by atomic mass is 16.2. The Morgan fingerprint density at radius 3 is 2.36 bits per heavy atom. The summed E-state index contributed by atoms with van der Waals surface area (Å²) in [6.07, 6.45) is 6.76. The molecule has 14 heavy (non-hydrogen) atoms. The molecule has 78 valence electrons. The molecule has 1 aliphatic heterocycles. The van der Waals surface area contributed by atoms with Gasteiger partial charge in [0.05, 0.1) is 0 Å². The SMILES string of the molecule is C=C1CCN(C(=O)C2CCCC2)CC1. The Labute approximate surface area is 86.0 Å². The van der Waals surface area contributed by atoms with Gasteiger partial charge in [-0.1, -0.05) is 25.0 Å². The van der Waals surface area contributed by atoms with E-state index in [9.17, 15) is 4.79 Å². The molecular weight excluding hydrogens is 174 g/mol. The average molecular weight is 193 g/mol. The third-order valence-corrected chi connectivity index (χ3v) is 3.49. The summed E-state index contributed by atoms with van der Waals surface area (Å²) in [5.41, 5.74) is 1.31. The molecule has 0 aromatic rings. The van der Waals surface area contributed by atoms with E-state index < -0.39 is 0 Å². The van der Waals surface area contributed by atoms with Gasteiger partial charge in [-0.25, -0.2) is 0 Å². The molecule has 2 nitrogen and oxygen atoms in total. The number of hydrogen-bond acceptors (Lipinski definition) is 1. The number of carbonyl (C=O) groups excluding carboxylic acids is 1. The minimum atomic E-state index is 0.348. The number of amides is 1. The van der Waals surface area contributed by atoms with E-state index in [2.05, 4.69) is 6.58 Å². The molecule has 0 bridgehead atoms. The van der Waals surface area contributed by atoms with Gasteiger partial charge in [0.15, 0.2) is 0 Å². The third-order valence-electron chi connectivity index (χ3n) is 3.49. The van der Waals surface area contributed by atoms with Crippen molar-refractivity contribution in [2.75, 3.05) is 13.1 Å². The standard InChI is InChI=1S/C12H19NO/c1-10-6-8-13(9-7-10)12(14)11-4-2-3-5-11/h11H,1-9H2. The largest absolute Gasteiger partial charge is 0.342 e. The molecule has 0 spiro atoms. The summed E-state index contributed by atoms with van der Waals surface area (Å²) in [5, 5.41) is 0. The fourth-order valence-electron chi connectivity index (χ4n) is 2.47. The first kappa shape index (κ1) is 9.75. The van der Waals surface area contributed by atoms with Crippen LogP contribution in [-0.4, -0.2) is 23.9 Å². The van der Waals surface area contributed by atoms with Crippen LogP contribution >= 0.6 is 0 Å². The van der Waals surface area contributed by atoms with Crippen molar-refractivity contribution in [1.29, 1.82) is 0 Å². The fourth-order valence-corrected chi connectivity index (χ4v) is 2.47. The lowest BCUT2D eigenvalue weighted by molar-refractivity contribution is -0.135. The Bertz CT molecular complexity index is 231. The van der Waals surface area contributed by atoms with E-state index >= 15 is 0 Å². The van der Waals surface area contributed by atoms with Gasteiger partial charge in [0.25, 0.3) is 0 Å². The smallest absolute Gasteiger partial charge is 0.225 e. The van der Waals surface area contributed by atoms with Crippen LogP contribution in [0.5, 0.6) is 0 Å². The van der Waals surface area contributed by atoms with Crippen LogP contribution in [0.4, 0.5) is 0 Å². The Balaban J connectivity index is 1.88. The molecule has 1 aliphatic carbocycles. The van der Waals surface area contributed by atoms with Crippen LogP contribution in [0.3, 0.4) is 0 Å². The summed E-state index contributed by atoms with van der Waals surface area (Å²) < 4.78 is 0. The topological polar surface area (TPSA) is 20.3 Å². The summed E-state index contributed by atoms with van der Waals surface area (Å²) in [7, 11) is 0. The predicted molar refractivity (Wildman–Crippen MR) is 56.9 cm³/mol. The molecule has 0 radical (unpaired) electrons. The van der Waals surface area contributed by atoms with E-state index in [0.29, 0.717) is 11.8 Å². The zero-order chi connectivity index (χ0) is 9.97.